The van der Waals surface area contributed by atoms with Gasteiger partial charge in [-0.25, -0.2) is 0 Å². The Morgan fingerprint density at radius 2 is 0.753 bits per heavy atom. The van der Waals surface area contributed by atoms with E-state index in [0.29, 0.717) is 25.9 Å². The first kappa shape index (κ1) is 71.0. The Morgan fingerprint density at radius 3 is 1.18 bits per heavy atom. The van der Waals surface area contributed by atoms with Crippen LogP contribution in [0.15, 0.2) is 36.5 Å². The number of rotatable bonds is 60. The van der Waals surface area contributed by atoms with Gasteiger partial charge in [0.15, 0.2) is 0 Å². The maximum absolute atomic E-state index is 12.5. The third-order valence-corrected chi connectivity index (χ3v) is 15.0. The maximum Gasteiger partial charge on any atom is 0.305 e. The normalized spacial score (nSPS) is 13.2. The molecule has 0 spiro atoms. The Balaban J connectivity index is 3.40. The minimum atomic E-state index is -1.02. The topological polar surface area (TPSA) is 116 Å². The average Bonchev–Trinajstić information content (AvgIpc) is 3.39. The van der Waals surface area contributed by atoms with Crippen LogP contribution < -0.4 is 5.32 Å². The summed E-state index contributed by atoms with van der Waals surface area (Å²) in [6.45, 7) is 4.77. The maximum atomic E-state index is 12.5. The van der Waals surface area contributed by atoms with Crippen LogP contribution in [-0.2, 0) is 14.3 Å². The molecule has 0 aliphatic carbocycles. The third-order valence-electron chi connectivity index (χ3n) is 15.0. The highest BCUT2D eigenvalue weighted by Gasteiger charge is 2.18. The molecule has 1 unspecified atom stereocenters. The summed E-state index contributed by atoms with van der Waals surface area (Å²) in [5, 5.41) is 33.3. The number of nitrogens with one attached hydrogen (secondary N) is 1. The summed E-state index contributed by atoms with van der Waals surface area (Å²) in [5.41, 5.74) is 0. The van der Waals surface area contributed by atoms with Crippen molar-refractivity contribution in [1.29, 1.82) is 0 Å². The number of allylic oxidation sites excluding steroid dienone is 4. The molecule has 0 aliphatic heterocycles. The fraction of sp³-hybridized carbons (Fsp3) is 0.879. The van der Waals surface area contributed by atoms with Gasteiger partial charge in [-0.15, -0.1) is 0 Å². The van der Waals surface area contributed by atoms with Gasteiger partial charge in [0, 0.05) is 12.8 Å². The fourth-order valence-electron chi connectivity index (χ4n) is 9.98. The number of hydrogen-bond acceptors (Lipinski definition) is 6. The smallest absolute Gasteiger partial charge is 0.305 e. The molecule has 0 saturated heterocycles. The quantitative estimate of drug-likeness (QED) is 0.0274. The van der Waals surface area contributed by atoms with E-state index in [1.807, 2.05) is 0 Å². The van der Waals surface area contributed by atoms with E-state index in [9.17, 15) is 24.9 Å². The van der Waals surface area contributed by atoms with E-state index < -0.39 is 18.2 Å². The number of unbranched alkanes of at least 4 members (excludes halogenated alkanes) is 43. The van der Waals surface area contributed by atoms with Gasteiger partial charge in [0.25, 0.3) is 0 Å². The largest absolute Gasteiger partial charge is 0.466 e. The molecule has 0 aromatic rings. The molecule has 7 nitrogen and oxygen atoms in total. The predicted octanol–water partition coefficient (Wildman–Crippen LogP) is 19.3. The van der Waals surface area contributed by atoms with Crippen molar-refractivity contribution in [3.8, 4) is 0 Å². The second kappa shape index (κ2) is 60.9. The molecule has 3 atom stereocenters. The molecule has 7 heteroatoms. The van der Waals surface area contributed by atoms with Crippen LogP contribution in [0.3, 0.4) is 0 Å². The molecule has 0 fully saturated rings. The lowest BCUT2D eigenvalue weighted by molar-refractivity contribution is -0.143. The van der Waals surface area contributed by atoms with E-state index in [1.54, 1.807) is 6.08 Å². The minimum absolute atomic E-state index is 0.000923. The standard InChI is InChI=1S/C66H125NO6/c1-3-5-7-9-11-13-15-16-30-34-37-41-45-49-53-57-66(72)73-60-54-50-46-42-38-35-32-29-27-25-23-21-19-17-18-20-22-24-26-28-31-33-36-40-44-48-52-56-65(71)67-63(61-68)64(70)59-58-62(69)55-51-47-43-39-14-12-10-8-6-4-2/h11,13,16,30,58-59,62-64,68-70H,3-10,12,14-15,17-29,31-57,60-61H2,1-2H3,(H,67,71)/t62?,63-,64+/m0/s1. The van der Waals surface area contributed by atoms with Crippen LogP contribution in [0.25, 0.3) is 0 Å². The number of carbonyl (C=O) groups excluding carboxylic acids is 2. The molecule has 4 N–H and O–H groups in total. The number of amides is 1. The monoisotopic (exact) mass is 1030 g/mol. The molecule has 0 rings (SSSR count). The van der Waals surface area contributed by atoms with Crippen LogP contribution in [-0.4, -0.2) is 58.7 Å². The summed E-state index contributed by atoms with van der Waals surface area (Å²) in [4.78, 5) is 24.5. The first-order valence-electron chi connectivity index (χ1n) is 32.3. The van der Waals surface area contributed by atoms with Crippen molar-refractivity contribution >= 4 is 11.9 Å². The highest BCUT2D eigenvalue weighted by atomic mass is 16.5. The van der Waals surface area contributed by atoms with E-state index >= 15 is 0 Å². The third kappa shape index (κ3) is 57.6. The van der Waals surface area contributed by atoms with Crippen molar-refractivity contribution in [2.24, 2.45) is 0 Å². The highest BCUT2D eigenvalue weighted by Crippen LogP contribution is 2.18. The lowest BCUT2D eigenvalue weighted by Crippen LogP contribution is -2.45. The van der Waals surface area contributed by atoms with Gasteiger partial charge in [-0.2, -0.15) is 0 Å². The first-order valence-corrected chi connectivity index (χ1v) is 32.3. The number of hydrogen-bond donors (Lipinski definition) is 4. The molecule has 430 valence electrons. The van der Waals surface area contributed by atoms with Crippen LogP contribution in [0.1, 0.15) is 341 Å². The summed E-state index contributed by atoms with van der Waals surface area (Å²) >= 11 is 0. The second-order valence-corrected chi connectivity index (χ2v) is 22.3. The minimum Gasteiger partial charge on any atom is -0.466 e. The van der Waals surface area contributed by atoms with E-state index in [4.69, 9.17) is 4.74 Å². The van der Waals surface area contributed by atoms with Crippen LogP contribution in [0, 0.1) is 0 Å². The van der Waals surface area contributed by atoms with Crippen molar-refractivity contribution in [1.82, 2.24) is 5.32 Å². The van der Waals surface area contributed by atoms with E-state index in [2.05, 4.69) is 43.5 Å². The van der Waals surface area contributed by atoms with E-state index in [0.717, 1.165) is 57.8 Å². The molecule has 1 amide bonds. The van der Waals surface area contributed by atoms with Gasteiger partial charge in [-0.1, -0.05) is 307 Å². The summed E-state index contributed by atoms with van der Waals surface area (Å²) in [5.74, 6) is -0.128. The predicted molar refractivity (Wildman–Crippen MR) is 316 cm³/mol. The zero-order valence-corrected chi connectivity index (χ0v) is 48.7. The SMILES string of the molecule is CCCCCC=CCC=CCCCCCCCC(=O)OCCCCCCCCCCCCCCCCCCCCCCCCCCCCCC(=O)N[C@@H](CO)[C@H](O)C=CC(O)CCCCCCCCCCCC. The van der Waals surface area contributed by atoms with Crippen molar-refractivity contribution in [3.63, 3.8) is 0 Å². The summed E-state index contributed by atoms with van der Waals surface area (Å²) in [7, 11) is 0. The number of aliphatic hydroxyl groups excluding tert-OH is 3. The van der Waals surface area contributed by atoms with Crippen LogP contribution >= 0.6 is 0 Å². The van der Waals surface area contributed by atoms with Crippen molar-refractivity contribution in [2.45, 2.75) is 360 Å². The van der Waals surface area contributed by atoms with Gasteiger partial charge in [-0.05, 0) is 57.8 Å². The van der Waals surface area contributed by atoms with Crippen LogP contribution in [0.5, 0.6) is 0 Å². The second-order valence-electron chi connectivity index (χ2n) is 22.3. The van der Waals surface area contributed by atoms with E-state index in [1.165, 1.54) is 256 Å². The Labute approximate surface area is 454 Å². The first-order chi connectivity index (χ1) is 35.9. The molecule has 0 bridgehead atoms. The lowest BCUT2D eigenvalue weighted by atomic mass is 10.0. The van der Waals surface area contributed by atoms with Crippen LogP contribution in [0.4, 0.5) is 0 Å². The number of carbonyl (C=O) groups is 2. The molecule has 0 heterocycles. The summed E-state index contributed by atoms with van der Waals surface area (Å²) < 4.78 is 5.48. The fourth-order valence-corrected chi connectivity index (χ4v) is 9.98. The molecule has 0 radical (unpaired) electrons. The Morgan fingerprint density at radius 1 is 0.411 bits per heavy atom. The Kier molecular flexibility index (Phi) is 59.3. The Hall–Kier alpha value is -1.96. The van der Waals surface area contributed by atoms with Gasteiger partial charge in [0.1, 0.15) is 0 Å². The van der Waals surface area contributed by atoms with Crippen molar-refractivity contribution in [3.05, 3.63) is 36.5 Å². The number of esters is 1. The number of aliphatic hydroxyl groups is 3. The van der Waals surface area contributed by atoms with Crippen molar-refractivity contribution < 1.29 is 29.6 Å². The highest BCUT2D eigenvalue weighted by molar-refractivity contribution is 5.76. The average molecular weight is 1030 g/mol. The molecular formula is C66H125NO6. The summed E-state index contributed by atoms with van der Waals surface area (Å²) in [6, 6.07) is -0.748. The van der Waals surface area contributed by atoms with Gasteiger partial charge < -0.3 is 25.4 Å². The van der Waals surface area contributed by atoms with Gasteiger partial charge >= 0.3 is 5.97 Å². The molecular weight excluding hydrogens is 903 g/mol. The summed E-state index contributed by atoms with van der Waals surface area (Å²) in [6.07, 6.45) is 73.6. The zero-order valence-electron chi connectivity index (χ0n) is 48.7. The molecule has 0 aromatic heterocycles. The van der Waals surface area contributed by atoms with E-state index in [-0.39, 0.29) is 18.5 Å². The molecule has 0 aromatic carbocycles. The number of ether oxygens (including phenoxy) is 1. The lowest BCUT2D eigenvalue weighted by Gasteiger charge is -2.20. The molecule has 73 heavy (non-hydrogen) atoms. The van der Waals surface area contributed by atoms with Gasteiger partial charge in [-0.3, -0.25) is 9.59 Å². The van der Waals surface area contributed by atoms with Crippen LogP contribution in [0.2, 0.25) is 0 Å². The molecule has 0 saturated carbocycles. The zero-order chi connectivity index (χ0) is 53.0. The van der Waals surface area contributed by atoms with Crippen molar-refractivity contribution in [2.75, 3.05) is 13.2 Å². The van der Waals surface area contributed by atoms with Gasteiger partial charge in [0.05, 0.1) is 31.5 Å². The van der Waals surface area contributed by atoms with Gasteiger partial charge in [0.2, 0.25) is 5.91 Å². The molecule has 0 aliphatic rings. The Bertz CT molecular complexity index is 1200.